The molecule has 1 aromatic carbocycles. The normalized spacial score (nSPS) is 14.4. The lowest BCUT2D eigenvalue weighted by Gasteiger charge is -2.17. The van der Waals surface area contributed by atoms with Crippen LogP contribution in [0, 0.1) is 12.3 Å². The molecule has 1 aromatic rings. The summed E-state index contributed by atoms with van der Waals surface area (Å²) >= 11 is 0. The molecule has 2 N–H and O–H groups in total. The Hall–Kier alpha value is -1.30. The highest BCUT2D eigenvalue weighted by molar-refractivity contribution is 5.19. The molecule has 74 valence electrons. The second-order valence-electron chi connectivity index (χ2n) is 3.20. The van der Waals surface area contributed by atoms with Gasteiger partial charge in [0.1, 0.15) is 0 Å². The van der Waals surface area contributed by atoms with Gasteiger partial charge >= 0.3 is 0 Å². The molecule has 1 rings (SSSR count). The van der Waals surface area contributed by atoms with Crippen molar-refractivity contribution in [2.75, 3.05) is 6.61 Å². The molecule has 0 aromatic heterocycles. The number of aliphatic hydroxyl groups is 1. The van der Waals surface area contributed by atoms with E-state index in [0.29, 0.717) is 0 Å². The standard InChI is InChI=1S/C12H15NO/c1-3-12(9-14)13-10(2)11-7-5-4-6-8-11/h1,4-8,10,12-14H,9H2,2H3/t10-,12+/m1/s1. The monoisotopic (exact) mass is 189 g/mol. The van der Waals surface area contributed by atoms with Crippen LogP contribution >= 0.6 is 0 Å². The molecule has 2 heteroatoms. The number of terminal acetylenes is 1. The number of nitrogens with one attached hydrogen (secondary N) is 1. The smallest absolute Gasteiger partial charge is 0.0925 e. The van der Waals surface area contributed by atoms with Crippen LogP contribution in [0.4, 0.5) is 0 Å². The summed E-state index contributed by atoms with van der Waals surface area (Å²) in [6.07, 6.45) is 5.24. The SMILES string of the molecule is C#C[C@@H](CO)N[C@H](C)c1ccccc1. The maximum absolute atomic E-state index is 8.92. The van der Waals surface area contributed by atoms with E-state index >= 15 is 0 Å². The third-order valence-corrected chi connectivity index (χ3v) is 2.13. The van der Waals surface area contributed by atoms with Gasteiger partial charge in [-0.1, -0.05) is 36.3 Å². The molecule has 0 saturated carbocycles. The van der Waals surface area contributed by atoms with E-state index in [-0.39, 0.29) is 18.7 Å². The van der Waals surface area contributed by atoms with E-state index in [0.717, 1.165) is 0 Å². The quantitative estimate of drug-likeness (QED) is 0.700. The lowest BCUT2D eigenvalue weighted by atomic mass is 10.1. The van der Waals surface area contributed by atoms with Crippen LogP contribution in [0.25, 0.3) is 0 Å². The molecule has 2 nitrogen and oxygen atoms in total. The predicted octanol–water partition coefficient (Wildman–Crippen LogP) is 1.33. The third-order valence-electron chi connectivity index (χ3n) is 2.13. The first-order valence-corrected chi connectivity index (χ1v) is 4.66. The first-order chi connectivity index (χ1) is 6.77. The summed E-state index contributed by atoms with van der Waals surface area (Å²) in [5.41, 5.74) is 1.17. The molecule has 0 bridgehead atoms. The molecule has 2 atom stereocenters. The zero-order valence-electron chi connectivity index (χ0n) is 8.27. The maximum Gasteiger partial charge on any atom is 0.0925 e. The maximum atomic E-state index is 8.92. The third kappa shape index (κ3) is 2.88. The molecule has 0 aliphatic carbocycles. The summed E-state index contributed by atoms with van der Waals surface area (Å²) in [4.78, 5) is 0. The predicted molar refractivity (Wildman–Crippen MR) is 57.7 cm³/mol. The Morgan fingerprint density at radius 1 is 1.43 bits per heavy atom. The van der Waals surface area contributed by atoms with Crippen molar-refractivity contribution in [3.8, 4) is 12.3 Å². The van der Waals surface area contributed by atoms with Gasteiger partial charge in [0.15, 0.2) is 0 Å². The number of hydrogen-bond acceptors (Lipinski definition) is 2. The molecule has 0 aliphatic heterocycles. The molecule has 0 amide bonds. The van der Waals surface area contributed by atoms with Gasteiger partial charge in [-0.15, -0.1) is 6.42 Å². The minimum Gasteiger partial charge on any atom is -0.394 e. The highest BCUT2D eigenvalue weighted by Crippen LogP contribution is 2.11. The molecule has 14 heavy (non-hydrogen) atoms. The zero-order chi connectivity index (χ0) is 10.4. The van der Waals surface area contributed by atoms with Crippen LogP contribution in [0.3, 0.4) is 0 Å². The van der Waals surface area contributed by atoms with Gasteiger partial charge in [0.25, 0.3) is 0 Å². The Morgan fingerprint density at radius 2 is 2.07 bits per heavy atom. The second-order valence-corrected chi connectivity index (χ2v) is 3.20. The van der Waals surface area contributed by atoms with Gasteiger partial charge < -0.3 is 5.11 Å². The summed E-state index contributed by atoms with van der Waals surface area (Å²) in [7, 11) is 0. The molecular weight excluding hydrogens is 174 g/mol. The van der Waals surface area contributed by atoms with E-state index in [9.17, 15) is 0 Å². The molecule has 0 radical (unpaired) electrons. The summed E-state index contributed by atoms with van der Waals surface area (Å²) in [5, 5.41) is 12.1. The van der Waals surface area contributed by atoms with Crippen LogP contribution < -0.4 is 5.32 Å². The van der Waals surface area contributed by atoms with Gasteiger partial charge in [0.2, 0.25) is 0 Å². The first-order valence-electron chi connectivity index (χ1n) is 4.66. The number of rotatable bonds is 4. The highest BCUT2D eigenvalue weighted by Gasteiger charge is 2.09. The van der Waals surface area contributed by atoms with E-state index in [4.69, 9.17) is 11.5 Å². The van der Waals surface area contributed by atoms with Crippen LogP contribution in [-0.4, -0.2) is 17.8 Å². The first kappa shape index (κ1) is 10.8. The molecular formula is C12H15NO. The summed E-state index contributed by atoms with van der Waals surface area (Å²) in [5.74, 6) is 2.49. The van der Waals surface area contributed by atoms with Gasteiger partial charge in [-0.25, -0.2) is 0 Å². The van der Waals surface area contributed by atoms with Crippen LogP contribution in [0.5, 0.6) is 0 Å². The van der Waals surface area contributed by atoms with Gasteiger partial charge in [0, 0.05) is 6.04 Å². The number of benzene rings is 1. The topological polar surface area (TPSA) is 32.3 Å². The van der Waals surface area contributed by atoms with E-state index in [1.165, 1.54) is 5.56 Å². The number of hydrogen-bond donors (Lipinski definition) is 2. The number of aliphatic hydroxyl groups excluding tert-OH is 1. The average Bonchev–Trinajstić information content (AvgIpc) is 2.26. The second kappa shape index (κ2) is 5.43. The van der Waals surface area contributed by atoms with Gasteiger partial charge in [-0.2, -0.15) is 0 Å². The molecule has 0 unspecified atom stereocenters. The molecule has 0 heterocycles. The van der Waals surface area contributed by atoms with E-state index in [1.807, 2.05) is 37.3 Å². The Labute approximate surface area is 85.0 Å². The summed E-state index contributed by atoms with van der Waals surface area (Å²) < 4.78 is 0. The van der Waals surface area contributed by atoms with Crippen molar-refractivity contribution < 1.29 is 5.11 Å². The minimum absolute atomic E-state index is 0.0341. The van der Waals surface area contributed by atoms with Crippen LogP contribution in [0.15, 0.2) is 30.3 Å². The Morgan fingerprint density at radius 3 is 2.57 bits per heavy atom. The summed E-state index contributed by atoms with van der Waals surface area (Å²) in [6, 6.07) is 9.88. The van der Waals surface area contributed by atoms with Crippen molar-refractivity contribution in [3.63, 3.8) is 0 Å². The lowest BCUT2D eigenvalue weighted by Crippen LogP contribution is -2.33. The molecule has 0 aliphatic rings. The minimum atomic E-state index is -0.273. The van der Waals surface area contributed by atoms with E-state index < -0.39 is 0 Å². The van der Waals surface area contributed by atoms with Gasteiger partial charge in [-0.3, -0.25) is 5.32 Å². The fourth-order valence-corrected chi connectivity index (χ4v) is 1.29. The van der Waals surface area contributed by atoms with Crippen molar-refractivity contribution >= 4 is 0 Å². The average molecular weight is 189 g/mol. The van der Waals surface area contributed by atoms with Gasteiger partial charge in [-0.05, 0) is 12.5 Å². The van der Waals surface area contributed by atoms with Crippen LogP contribution in [-0.2, 0) is 0 Å². The lowest BCUT2D eigenvalue weighted by molar-refractivity contribution is 0.260. The van der Waals surface area contributed by atoms with Crippen molar-refractivity contribution in [3.05, 3.63) is 35.9 Å². The molecule has 0 saturated heterocycles. The van der Waals surface area contributed by atoms with Crippen molar-refractivity contribution in [1.29, 1.82) is 0 Å². The highest BCUT2D eigenvalue weighted by atomic mass is 16.3. The van der Waals surface area contributed by atoms with Gasteiger partial charge in [0.05, 0.1) is 12.6 Å². The zero-order valence-corrected chi connectivity index (χ0v) is 8.27. The largest absolute Gasteiger partial charge is 0.394 e. The fourth-order valence-electron chi connectivity index (χ4n) is 1.29. The Balaban J connectivity index is 2.59. The Bertz CT molecular complexity index is 302. The van der Waals surface area contributed by atoms with E-state index in [1.54, 1.807) is 0 Å². The fraction of sp³-hybridized carbons (Fsp3) is 0.333. The summed E-state index contributed by atoms with van der Waals surface area (Å²) in [6.45, 7) is 1.99. The Kier molecular flexibility index (Phi) is 4.18. The van der Waals surface area contributed by atoms with Crippen molar-refractivity contribution in [2.45, 2.75) is 19.0 Å². The molecule has 0 spiro atoms. The van der Waals surface area contributed by atoms with Crippen molar-refractivity contribution in [1.82, 2.24) is 5.32 Å². The van der Waals surface area contributed by atoms with Crippen LogP contribution in [0.1, 0.15) is 18.5 Å². The van der Waals surface area contributed by atoms with Crippen molar-refractivity contribution in [2.24, 2.45) is 0 Å². The van der Waals surface area contributed by atoms with E-state index in [2.05, 4.69) is 11.2 Å². The van der Waals surface area contributed by atoms with Crippen LogP contribution in [0.2, 0.25) is 0 Å². The molecule has 0 fully saturated rings.